The minimum atomic E-state index is -0.436. The molecular formula is C24H25N3O4. The second-order valence-corrected chi connectivity index (χ2v) is 7.13. The van der Waals surface area contributed by atoms with Crippen LogP contribution < -0.4 is 15.4 Å². The zero-order chi connectivity index (χ0) is 21.9. The number of carbonyl (C=O) groups is 2. The molecule has 7 nitrogen and oxygen atoms in total. The highest BCUT2D eigenvalue weighted by Crippen LogP contribution is 2.15. The number of nitriles is 1. The van der Waals surface area contributed by atoms with Crippen LogP contribution in [0.25, 0.3) is 6.08 Å². The van der Waals surface area contributed by atoms with Crippen molar-refractivity contribution in [3.8, 4) is 11.8 Å². The van der Waals surface area contributed by atoms with Crippen LogP contribution >= 0.6 is 0 Å². The summed E-state index contributed by atoms with van der Waals surface area (Å²) in [5.74, 6) is -0.118. The summed E-state index contributed by atoms with van der Waals surface area (Å²) < 4.78 is 10.9. The molecule has 160 valence electrons. The van der Waals surface area contributed by atoms with Crippen molar-refractivity contribution in [2.75, 3.05) is 19.8 Å². The molecule has 1 aliphatic heterocycles. The molecule has 1 heterocycles. The van der Waals surface area contributed by atoms with Crippen molar-refractivity contribution in [1.29, 1.82) is 5.26 Å². The van der Waals surface area contributed by atoms with Gasteiger partial charge in [-0.1, -0.05) is 42.5 Å². The van der Waals surface area contributed by atoms with E-state index in [1.54, 1.807) is 24.3 Å². The lowest BCUT2D eigenvalue weighted by Gasteiger charge is -2.11. The molecule has 0 saturated carbocycles. The first kappa shape index (κ1) is 22.1. The molecule has 0 radical (unpaired) electrons. The third-order valence-corrected chi connectivity index (χ3v) is 4.77. The maximum atomic E-state index is 12.3. The van der Waals surface area contributed by atoms with Gasteiger partial charge in [0.2, 0.25) is 0 Å². The summed E-state index contributed by atoms with van der Waals surface area (Å²) in [7, 11) is 0. The molecule has 1 saturated heterocycles. The minimum absolute atomic E-state index is 0.0121. The fraction of sp³-hybridized carbons (Fsp3) is 0.292. The van der Waals surface area contributed by atoms with Crippen LogP contribution in [0.15, 0.2) is 60.2 Å². The first-order valence-corrected chi connectivity index (χ1v) is 10.2. The Morgan fingerprint density at radius 2 is 1.90 bits per heavy atom. The van der Waals surface area contributed by atoms with Gasteiger partial charge in [0.1, 0.15) is 17.4 Å². The number of hydrogen-bond donors (Lipinski definition) is 2. The predicted molar refractivity (Wildman–Crippen MR) is 116 cm³/mol. The van der Waals surface area contributed by atoms with Crippen molar-refractivity contribution in [3.05, 3.63) is 71.3 Å². The first-order chi connectivity index (χ1) is 15.1. The van der Waals surface area contributed by atoms with Gasteiger partial charge in [-0.15, -0.1) is 0 Å². The smallest absolute Gasteiger partial charge is 0.262 e. The standard InChI is InChI=1S/C24H25N3O4/c25-14-20(24(29)27-15-19-5-2-1-3-6-19)13-18-8-10-21(11-9-18)31-17-23(28)26-16-22-7-4-12-30-22/h1-3,5-6,8-11,13,22H,4,7,12,15-17H2,(H,26,28)(H,27,29)/b20-13+. The highest BCUT2D eigenvalue weighted by atomic mass is 16.5. The normalized spacial score (nSPS) is 15.7. The summed E-state index contributed by atoms with van der Waals surface area (Å²) in [6.07, 6.45) is 3.60. The van der Waals surface area contributed by atoms with E-state index in [1.807, 2.05) is 36.4 Å². The topological polar surface area (TPSA) is 100 Å². The Hall–Kier alpha value is -3.63. The number of ether oxygens (including phenoxy) is 2. The summed E-state index contributed by atoms with van der Waals surface area (Å²) in [6, 6.07) is 18.2. The van der Waals surface area contributed by atoms with Gasteiger partial charge in [-0.3, -0.25) is 9.59 Å². The molecule has 0 spiro atoms. The third kappa shape index (κ3) is 7.28. The number of nitrogens with one attached hydrogen (secondary N) is 2. The van der Waals surface area contributed by atoms with Gasteiger partial charge in [-0.2, -0.15) is 5.26 Å². The van der Waals surface area contributed by atoms with Crippen molar-refractivity contribution in [2.24, 2.45) is 0 Å². The number of nitrogens with zero attached hydrogens (tertiary/aromatic N) is 1. The van der Waals surface area contributed by atoms with Crippen LogP contribution in [0.3, 0.4) is 0 Å². The van der Waals surface area contributed by atoms with Gasteiger partial charge in [0.05, 0.1) is 6.10 Å². The van der Waals surface area contributed by atoms with Crippen LogP contribution in [0.2, 0.25) is 0 Å². The number of hydrogen-bond acceptors (Lipinski definition) is 5. The quantitative estimate of drug-likeness (QED) is 0.481. The van der Waals surface area contributed by atoms with Crippen molar-refractivity contribution in [3.63, 3.8) is 0 Å². The van der Waals surface area contributed by atoms with E-state index in [2.05, 4.69) is 10.6 Å². The summed E-state index contributed by atoms with van der Waals surface area (Å²) in [4.78, 5) is 24.2. The molecule has 2 amide bonds. The fourth-order valence-corrected chi connectivity index (χ4v) is 3.08. The van der Waals surface area contributed by atoms with Gasteiger partial charge in [0, 0.05) is 19.7 Å². The van der Waals surface area contributed by atoms with E-state index >= 15 is 0 Å². The lowest BCUT2D eigenvalue weighted by Crippen LogP contribution is -2.35. The molecular weight excluding hydrogens is 394 g/mol. The maximum Gasteiger partial charge on any atom is 0.262 e. The van der Waals surface area contributed by atoms with Crippen molar-refractivity contribution >= 4 is 17.9 Å². The summed E-state index contributed by atoms with van der Waals surface area (Å²) in [5, 5.41) is 14.9. The zero-order valence-corrected chi connectivity index (χ0v) is 17.2. The number of amides is 2. The molecule has 3 rings (SSSR count). The first-order valence-electron chi connectivity index (χ1n) is 10.2. The Balaban J connectivity index is 1.47. The molecule has 0 aromatic heterocycles. The molecule has 1 fully saturated rings. The predicted octanol–water partition coefficient (Wildman–Crippen LogP) is 2.58. The zero-order valence-electron chi connectivity index (χ0n) is 17.2. The molecule has 1 unspecified atom stereocenters. The summed E-state index contributed by atoms with van der Waals surface area (Å²) >= 11 is 0. The van der Waals surface area contributed by atoms with E-state index in [1.165, 1.54) is 6.08 Å². The highest BCUT2D eigenvalue weighted by molar-refractivity contribution is 6.01. The van der Waals surface area contributed by atoms with E-state index in [0.29, 0.717) is 24.4 Å². The van der Waals surface area contributed by atoms with Gasteiger partial charge in [-0.05, 0) is 42.2 Å². The molecule has 7 heteroatoms. The average molecular weight is 419 g/mol. The largest absolute Gasteiger partial charge is 0.484 e. The highest BCUT2D eigenvalue weighted by Gasteiger charge is 2.16. The van der Waals surface area contributed by atoms with E-state index in [4.69, 9.17) is 9.47 Å². The van der Waals surface area contributed by atoms with Crippen LogP contribution in [0.4, 0.5) is 0 Å². The second-order valence-electron chi connectivity index (χ2n) is 7.13. The molecule has 1 atom stereocenters. The van der Waals surface area contributed by atoms with Crippen LogP contribution in [0.1, 0.15) is 24.0 Å². The van der Waals surface area contributed by atoms with Crippen molar-refractivity contribution in [2.45, 2.75) is 25.5 Å². The molecule has 2 aromatic carbocycles. The van der Waals surface area contributed by atoms with Crippen LogP contribution in [0.5, 0.6) is 5.75 Å². The van der Waals surface area contributed by atoms with E-state index in [-0.39, 0.29) is 24.2 Å². The Kier molecular flexibility index (Phi) is 8.21. The Morgan fingerprint density at radius 3 is 2.58 bits per heavy atom. The van der Waals surface area contributed by atoms with Gasteiger partial charge < -0.3 is 20.1 Å². The lowest BCUT2D eigenvalue weighted by molar-refractivity contribution is -0.123. The molecule has 0 aliphatic carbocycles. The summed E-state index contributed by atoms with van der Waals surface area (Å²) in [5.41, 5.74) is 1.65. The van der Waals surface area contributed by atoms with Crippen molar-refractivity contribution < 1.29 is 19.1 Å². The molecule has 31 heavy (non-hydrogen) atoms. The Morgan fingerprint density at radius 1 is 1.13 bits per heavy atom. The molecule has 1 aliphatic rings. The van der Waals surface area contributed by atoms with Gasteiger partial charge in [-0.25, -0.2) is 0 Å². The van der Waals surface area contributed by atoms with Crippen LogP contribution in [0, 0.1) is 11.3 Å². The lowest BCUT2D eigenvalue weighted by atomic mass is 10.1. The van der Waals surface area contributed by atoms with Crippen LogP contribution in [-0.2, 0) is 20.9 Å². The fourth-order valence-electron chi connectivity index (χ4n) is 3.08. The number of benzene rings is 2. The monoisotopic (exact) mass is 419 g/mol. The molecule has 0 bridgehead atoms. The van der Waals surface area contributed by atoms with Gasteiger partial charge in [0.25, 0.3) is 11.8 Å². The Bertz CT molecular complexity index is 943. The number of carbonyl (C=O) groups excluding carboxylic acids is 2. The maximum absolute atomic E-state index is 12.3. The van der Waals surface area contributed by atoms with E-state index in [9.17, 15) is 14.9 Å². The molecule has 2 aromatic rings. The van der Waals surface area contributed by atoms with Gasteiger partial charge >= 0.3 is 0 Å². The second kappa shape index (κ2) is 11.5. The Labute approximate surface area is 181 Å². The summed E-state index contributed by atoms with van der Waals surface area (Å²) in [6.45, 7) is 1.50. The van der Waals surface area contributed by atoms with Crippen molar-refractivity contribution in [1.82, 2.24) is 10.6 Å². The van der Waals surface area contributed by atoms with Gasteiger partial charge in [0.15, 0.2) is 6.61 Å². The SMILES string of the molecule is N#C/C(=C\c1ccc(OCC(=O)NCC2CCCO2)cc1)C(=O)NCc1ccccc1. The average Bonchev–Trinajstić information content (AvgIpc) is 3.33. The number of rotatable bonds is 9. The van der Waals surface area contributed by atoms with E-state index < -0.39 is 5.91 Å². The minimum Gasteiger partial charge on any atom is -0.484 e. The van der Waals surface area contributed by atoms with Crippen LogP contribution in [-0.4, -0.2) is 37.7 Å². The third-order valence-electron chi connectivity index (χ3n) is 4.77. The van der Waals surface area contributed by atoms with E-state index in [0.717, 1.165) is 25.0 Å². The molecule has 2 N–H and O–H groups in total.